The lowest BCUT2D eigenvalue weighted by molar-refractivity contribution is 0.356. The Labute approximate surface area is 104 Å². The van der Waals surface area contributed by atoms with E-state index in [2.05, 4.69) is 16.6 Å². The van der Waals surface area contributed by atoms with Gasteiger partial charge in [-0.05, 0) is 25.2 Å². The SMILES string of the molecule is Cn1ccnc1CCC(N)C1CCCCCC1. The minimum absolute atomic E-state index is 0.366. The number of hydrogen-bond donors (Lipinski definition) is 1. The highest BCUT2D eigenvalue weighted by Crippen LogP contribution is 2.26. The van der Waals surface area contributed by atoms with E-state index in [0.717, 1.165) is 24.6 Å². The number of imidazole rings is 1. The molecule has 0 saturated heterocycles. The molecule has 0 radical (unpaired) electrons. The average molecular weight is 235 g/mol. The third-order valence-corrected chi connectivity index (χ3v) is 4.13. The van der Waals surface area contributed by atoms with E-state index >= 15 is 0 Å². The number of hydrogen-bond acceptors (Lipinski definition) is 2. The van der Waals surface area contributed by atoms with E-state index in [4.69, 9.17) is 5.73 Å². The first-order valence-corrected chi connectivity index (χ1v) is 6.99. The summed E-state index contributed by atoms with van der Waals surface area (Å²) in [4.78, 5) is 4.36. The van der Waals surface area contributed by atoms with Crippen molar-refractivity contribution in [2.75, 3.05) is 0 Å². The highest BCUT2D eigenvalue weighted by molar-refractivity contribution is 4.92. The van der Waals surface area contributed by atoms with Gasteiger partial charge in [0.25, 0.3) is 0 Å². The predicted octanol–water partition coefficient (Wildman–Crippen LogP) is 2.65. The predicted molar refractivity (Wildman–Crippen MR) is 70.7 cm³/mol. The van der Waals surface area contributed by atoms with Crippen LogP contribution in [0.25, 0.3) is 0 Å². The van der Waals surface area contributed by atoms with E-state index in [1.807, 2.05) is 12.4 Å². The second-order valence-electron chi connectivity index (χ2n) is 5.41. The quantitative estimate of drug-likeness (QED) is 0.815. The summed E-state index contributed by atoms with van der Waals surface area (Å²) in [6.07, 6.45) is 14.2. The summed E-state index contributed by atoms with van der Waals surface area (Å²) in [7, 11) is 2.06. The van der Waals surface area contributed by atoms with Gasteiger partial charge in [0.1, 0.15) is 5.82 Å². The summed E-state index contributed by atoms with van der Waals surface area (Å²) in [5, 5.41) is 0. The summed E-state index contributed by atoms with van der Waals surface area (Å²) in [6, 6.07) is 0.366. The molecule has 1 aliphatic rings. The Hall–Kier alpha value is -0.830. The summed E-state index contributed by atoms with van der Waals surface area (Å²) < 4.78 is 2.10. The summed E-state index contributed by atoms with van der Waals surface area (Å²) >= 11 is 0. The van der Waals surface area contributed by atoms with Gasteiger partial charge >= 0.3 is 0 Å². The van der Waals surface area contributed by atoms with Crippen LogP contribution in [0.3, 0.4) is 0 Å². The molecule has 3 nitrogen and oxygen atoms in total. The highest BCUT2D eigenvalue weighted by atomic mass is 15.0. The molecule has 1 atom stereocenters. The van der Waals surface area contributed by atoms with Crippen molar-refractivity contribution < 1.29 is 0 Å². The van der Waals surface area contributed by atoms with Crippen molar-refractivity contribution in [3.05, 3.63) is 18.2 Å². The number of rotatable bonds is 4. The van der Waals surface area contributed by atoms with E-state index in [0.29, 0.717) is 6.04 Å². The molecule has 1 fully saturated rings. The van der Waals surface area contributed by atoms with E-state index < -0.39 is 0 Å². The van der Waals surface area contributed by atoms with Crippen LogP contribution in [0.2, 0.25) is 0 Å². The monoisotopic (exact) mass is 235 g/mol. The van der Waals surface area contributed by atoms with Crippen LogP contribution in [0.1, 0.15) is 50.8 Å². The van der Waals surface area contributed by atoms with E-state index in [1.165, 1.54) is 38.5 Å². The minimum Gasteiger partial charge on any atom is -0.338 e. The molecular weight excluding hydrogens is 210 g/mol. The Bertz CT molecular complexity index is 324. The Morgan fingerprint density at radius 1 is 1.35 bits per heavy atom. The van der Waals surface area contributed by atoms with Gasteiger partial charge in [-0.25, -0.2) is 4.98 Å². The third-order valence-electron chi connectivity index (χ3n) is 4.13. The molecule has 0 aromatic carbocycles. The number of aryl methyl sites for hydroxylation is 2. The van der Waals surface area contributed by atoms with E-state index in [9.17, 15) is 0 Å². The molecule has 2 rings (SSSR count). The molecule has 1 unspecified atom stereocenters. The topological polar surface area (TPSA) is 43.8 Å². The fraction of sp³-hybridized carbons (Fsp3) is 0.786. The number of aromatic nitrogens is 2. The maximum atomic E-state index is 6.35. The lowest BCUT2D eigenvalue weighted by Crippen LogP contribution is -2.30. The number of nitrogens with two attached hydrogens (primary N) is 1. The number of nitrogens with zero attached hydrogens (tertiary/aromatic N) is 2. The van der Waals surface area contributed by atoms with Gasteiger partial charge in [0.2, 0.25) is 0 Å². The summed E-state index contributed by atoms with van der Waals surface area (Å²) in [6.45, 7) is 0. The van der Waals surface area contributed by atoms with Crippen LogP contribution in [0.15, 0.2) is 12.4 Å². The molecule has 96 valence electrons. The van der Waals surface area contributed by atoms with Crippen molar-refractivity contribution in [2.24, 2.45) is 18.7 Å². The first kappa shape index (κ1) is 12.6. The van der Waals surface area contributed by atoms with Gasteiger partial charge in [-0.15, -0.1) is 0 Å². The van der Waals surface area contributed by atoms with Gasteiger partial charge in [0.05, 0.1) is 0 Å². The van der Waals surface area contributed by atoms with Gasteiger partial charge in [0.15, 0.2) is 0 Å². The maximum Gasteiger partial charge on any atom is 0.108 e. The van der Waals surface area contributed by atoms with Crippen molar-refractivity contribution in [1.82, 2.24) is 9.55 Å². The second-order valence-corrected chi connectivity index (χ2v) is 5.41. The van der Waals surface area contributed by atoms with E-state index in [-0.39, 0.29) is 0 Å². The zero-order chi connectivity index (χ0) is 12.1. The molecule has 1 saturated carbocycles. The normalized spacial score (nSPS) is 20.1. The molecule has 0 bridgehead atoms. The maximum absolute atomic E-state index is 6.35. The molecule has 0 aliphatic heterocycles. The molecule has 1 aromatic rings. The van der Waals surface area contributed by atoms with Gasteiger partial charge < -0.3 is 10.3 Å². The van der Waals surface area contributed by atoms with Crippen molar-refractivity contribution in [3.63, 3.8) is 0 Å². The lowest BCUT2D eigenvalue weighted by Gasteiger charge is -2.22. The van der Waals surface area contributed by atoms with Crippen molar-refractivity contribution in [1.29, 1.82) is 0 Å². The Balaban J connectivity index is 1.80. The van der Waals surface area contributed by atoms with Crippen LogP contribution < -0.4 is 5.73 Å². The van der Waals surface area contributed by atoms with Crippen molar-refractivity contribution >= 4 is 0 Å². The molecule has 3 heteroatoms. The zero-order valence-electron chi connectivity index (χ0n) is 10.9. The fourth-order valence-corrected chi connectivity index (χ4v) is 2.91. The van der Waals surface area contributed by atoms with Crippen molar-refractivity contribution in [2.45, 2.75) is 57.4 Å². The van der Waals surface area contributed by atoms with Crippen LogP contribution >= 0.6 is 0 Å². The van der Waals surface area contributed by atoms with Crippen molar-refractivity contribution in [3.8, 4) is 0 Å². The van der Waals surface area contributed by atoms with Gasteiger partial charge in [-0.3, -0.25) is 0 Å². The van der Waals surface area contributed by atoms with Crippen LogP contribution in [0, 0.1) is 5.92 Å². The van der Waals surface area contributed by atoms with Gasteiger partial charge in [-0.1, -0.05) is 25.7 Å². The zero-order valence-corrected chi connectivity index (χ0v) is 10.9. The largest absolute Gasteiger partial charge is 0.338 e. The minimum atomic E-state index is 0.366. The Kier molecular flexibility index (Phi) is 4.60. The molecule has 1 heterocycles. The highest BCUT2D eigenvalue weighted by Gasteiger charge is 2.19. The van der Waals surface area contributed by atoms with Crippen LogP contribution in [0.5, 0.6) is 0 Å². The van der Waals surface area contributed by atoms with Crippen LogP contribution in [0.4, 0.5) is 0 Å². The molecule has 0 spiro atoms. The Morgan fingerprint density at radius 3 is 2.65 bits per heavy atom. The molecule has 0 amide bonds. The molecule has 17 heavy (non-hydrogen) atoms. The first-order chi connectivity index (χ1) is 8.27. The first-order valence-electron chi connectivity index (χ1n) is 6.99. The summed E-state index contributed by atoms with van der Waals surface area (Å²) in [5.74, 6) is 1.91. The van der Waals surface area contributed by atoms with Crippen LogP contribution in [-0.2, 0) is 13.5 Å². The Morgan fingerprint density at radius 2 is 2.06 bits per heavy atom. The van der Waals surface area contributed by atoms with Gasteiger partial charge in [0, 0.05) is 31.9 Å². The molecular formula is C14H25N3. The standard InChI is InChI=1S/C14H25N3/c1-17-11-10-16-14(17)9-8-13(15)12-6-4-2-3-5-7-12/h10-13H,2-9,15H2,1H3. The molecule has 2 N–H and O–H groups in total. The summed E-state index contributed by atoms with van der Waals surface area (Å²) in [5.41, 5.74) is 6.35. The molecule has 1 aromatic heterocycles. The lowest BCUT2D eigenvalue weighted by atomic mass is 9.89. The van der Waals surface area contributed by atoms with Gasteiger partial charge in [-0.2, -0.15) is 0 Å². The van der Waals surface area contributed by atoms with Crippen LogP contribution in [-0.4, -0.2) is 15.6 Å². The second kappa shape index (κ2) is 6.20. The average Bonchev–Trinajstić information content (AvgIpc) is 2.58. The fourth-order valence-electron chi connectivity index (χ4n) is 2.91. The smallest absolute Gasteiger partial charge is 0.108 e. The third kappa shape index (κ3) is 3.56. The van der Waals surface area contributed by atoms with E-state index in [1.54, 1.807) is 0 Å². The molecule has 1 aliphatic carbocycles.